The van der Waals surface area contributed by atoms with Gasteiger partial charge in [-0.05, 0) is 5.92 Å². The predicted octanol–water partition coefficient (Wildman–Crippen LogP) is 0.416. The molecule has 1 aromatic heterocycles. The monoisotopic (exact) mass is 254 g/mol. The Bertz CT molecular complexity index is 400. The van der Waals surface area contributed by atoms with Gasteiger partial charge in [0.2, 0.25) is 23.6 Å². The third kappa shape index (κ3) is 3.56. The van der Waals surface area contributed by atoms with Gasteiger partial charge in [0.25, 0.3) is 0 Å². The van der Waals surface area contributed by atoms with E-state index in [1.165, 1.54) is 20.3 Å². The van der Waals surface area contributed by atoms with Crippen molar-refractivity contribution in [2.45, 2.75) is 19.9 Å². The molecule has 7 nitrogen and oxygen atoms in total. The van der Waals surface area contributed by atoms with Crippen LogP contribution in [0.4, 0.5) is 5.95 Å². The number of rotatable bonds is 5. The molecule has 3 N–H and O–H groups in total. The number of ether oxygens (including phenoxy) is 2. The molecule has 1 aromatic rings. The topological polar surface area (TPSA) is 99.4 Å². The Labute approximate surface area is 106 Å². The summed E-state index contributed by atoms with van der Waals surface area (Å²) in [5.74, 6) is 0.385. The fourth-order valence-electron chi connectivity index (χ4n) is 1.17. The van der Waals surface area contributed by atoms with Crippen molar-refractivity contribution >= 4 is 11.9 Å². The molecule has 0 aliphatic rings. The van der Waals surface area contributed by atoms with Gasteiger partial charge in [0.05, 0.1) is 26.3 Å². The van der Waals surface area contributed by atoms with Crippen LogP contribution in [0.25, 0.3) is 0 Å². The van der Waals surface area contributed by atoms with E-state index >= 15 is 0 Å². The van der Waals surface area contributed by atoms with E-state index in [1.54, 1.807) is 0 Å². The number of aromatic nitrogens is 2. The number of nitrogens with two attached hydrogens (primary N) is 1. The fourth-order valence-corrected chi connectivity index (χ4v) is 1.17. The molecule has 0 fully saturated rings. The first-order chi connectivity index (χ1) is 8.47. The van der Waals surface area contributed by atoms with Crippen molar-refractivity contribution in [1.29, 1.82) is 0 Å². The lowest BCUT2D eigenvalue weighted by Crippen LogP contribution is -2.40. The minimum absolute atomic E-state index is 0.0255. The summed E-state index contributed by atoms with van der Waals surface area (Å²) in [5, 5.41) is 2.53. The summed E-state index contributed by atoms with van der Waals surface area (Å²) < 4.78 is 9.95. The van der Waals surface area contributed by atoms with Crippen LogP contribution in [0.5, 0.6) is 11.8 Å². The normalized spacial score (nSPS) is 12.1. The van der Waals surface area contributed by atoms with Crippen LogP contribution in [-0.2, 0) is 4.79 Å². The minimum atomic E-state index is -0.620. The van der Waals surface area contributed by atoms with Crippen molar-refractivity contribution in [2.75, 3.05) is 19.5 Å². The number of carbonyl (C=O) groups is 1. The van der Waals surface area contributed by atoms with Gasteiger partial charge in [0, 0.05) is 0 Å². The molecular formula is C11H18N4O3. The zero-order valence-corrected chi connectivity index (χ0v) is 10.9. The van der Waals surface area contributed by atoms with E-state index in [0.717, 1.165) is 0 Å². The zero-order chi connectivity index (χ0) is 13.7. The van der Waals surface area contributed by atoms with Crippen molar-refractivity contribution in [2.24, 2.45) is 11.7 Å². The van der Waals surface area contributed by atoms with E-state index < -0.39 is 6.04 Å². The quantitative estimate of drug-likeness (QED) is 0.789. The van der Waals surface area contributed by atoms with Crippen LogP contribution in [-0.4, -0.2) is 36.1 Å². The Morgan fingerprint density at radius 2 is 1.78 bits per heavy atom. The van der Waals surface area contributed by atoms with Crippen LogP contribution in [0.1, 0.15) is 13.8 Å². The molecule has 1 amide bonds. The Morgan fingerprint density at radius 1 is 1.28 bits per heavy atom. The standard InChI is InChI=1S/C11H18N4O3/c1-6(2)9(12)10(16)15-11-13-7(17-3)5-8(14-11)18-4/h5-6,9H,12H2,1-4H3,(H,13,14,15,16)/t9-/m1/s1. The highest BCUT2D eigenvalue weighted by Gasteiger charge is 2.18. The van der Waals surface area contributed by atoms with Gasteiger partial charge in [-0.3, -0.25) is 10.1 Å². The van der Waals surface area contributed by atoms with Crippen LogP contribution in [0.2, 0.25) is 0 Å². The number of nitrogens with one attached hydrogen (secondary N) is 1. The largest absolute Gasteiger partial charge is 0.481 e. The number of amides is 1. The third-order valence-corrected chi connectivity index (χ3v) is 2.35. The highest BCUT2D eigenvalue weighted by molar-refractivity contribution is 5.93. The number of hydrogen-bond acceptors (Lipinski definition) is 6. The Balaban J connectivity index is 2.86. The molecule has 0 radical (unpaired) electrons. The van der Waals surface area contributed by atoms with Crippen LogP contribution in [0.15, 0.2) is 6.07 Å². The van der Waals surface area contributed by atoms with Crippen molar-refractivity contribution in [3.63, 3.8) is 0 Å². The van der Waals surface area contributed by atoms with Gasteiger partial charge in [-0.25, -0.2) is 0 Å². The van der Waals surface area contributed by atoms with E-state index in [2.05, 4.69) is 15.3 Å². The highest BCUT2D eigenvalue weighted by Crippen LogP contribution is 2.17. The van der Waals surface area contributed by atoms with Gasteiger partial charge >= 0.3 is 0 Å². The van der Waals surface area contributed by atoms with Crippen molar-refractivity contribution in [3.05, 3.63) is 6.07 Å². The summed E-state index contributed by atoms with van der Waals surface area (Å²) in [6, 6.07) is 0.892. The smallest absolute Gasteiger partial charge is 0.243 e. The second-order valence-electron chi connectivity index (χ2n) is 4.04. The molecular weight excluding hydrogens is 236 g/mol. The van der Waals surface area contributed by atoms with Gasteiger partial charge in [-0.2, -0.15) is 9.97 Å². The average molecular weight is 254 g/mol. The summed E-state index contributed by atoms with van der Waals surface area (Å²) in [5.41, 5.74) is 5.72. The van der Waals surface area contributed by atoms with Crippen LogP contribution in [0.3, 0.4) is 0 Å². The van der Waals surface area contributed by atoms with E-state index in [0.29, 0.717) is 11.8 Å². The van der Waals surface area contributed by atoms with E-state index in [9.17, 15) is 4.79 Å². The lowest BCUT2D eigenvalue weighted by Gasteiger charge is -2.14. The minimum Gasteiger partial charge on any atom is -0.481 e. The Morgan fingerprint density at radius 3 is 2.17 bits per heavy atom. The molecule has 18 heavy (non-hydrogen) atoms. The van der Waals surface area contributed by atoms with Crippen LogP contribution < -0.4 is 20.5 Å². The molecule has 0 aliphatic heterocycles. The summed E-state index contributed by atoms with van der Waals surface area (Å²) >= 11 is 0. The van der Waals surface area contributed by atoms with Crippen LogP contribution >= 0.6 is 0 Å². The summed E-state index contributed by atoms with van der Waals surface area (Å²) in [4.78, 5) is 19.7. The number of nitrogens with zero attached hydrogens (tertiary/aromatic N) is 2. The summed E-state index contributed by atoms with van der Waals surface area (Å²) in [6.45, 7) is 3.72. The van der Waals surface area contributed by atoms with Crippen LogP contribution in [0, 0.1) is 5.92 Å². The van der Waals surface area contributed by atoms with Crippen molar-refractivity contribution in [1.82, 2.24) is 9.97 Å². The molecule has 1 rings (SSSR count). The highest BCUT2D eigenvalue weighted by atomic mass is 16.5. The van der Waals surface area contributed by atoms with Gasteiger partial charge < -0.3 is 15.2 Å². The second kappa shape index (κ2) is 6.15. The fraction of sp³-hybridized carbons (Fsp3) is 0.545. The van der Waals surface area contributed by atoms with Gasteiger partial charge in [-0.15, -0.1) is 0 Å². The summed E-state index contributed by atoms with van der Waals surface area (Å²) in [7, 11) is 2.93. The predicted molar refractivity (Wildman–Crippen MR) is 66.6 cm³/mol. The Kier molecular flexibility index (Phi) is 4.85. The molecule has 0 spiro atoms. The summed E-state index contributed by atoms with van der Waals surface area (Å²) in [6.07, 6.45) is 0. The number of carbonyl (C=O) groups excluding carboxylic acids is 1. The van der Waals surface area contributed by atoms with Gasteiger partial charge in [0.1, 0.15) is 0 Å². The number of methoxy groups -OCH3 is 2. The molecule has 1 atom stereocenters. The molecule has 0 saturated carbocycles. The lowest BCUT2D eigenvalue weighted by atomic mass is 10.1. The maximum Gasteiger partial charge on any atom is 0.243 e. The molecule has 7 heteroatoms. The number of anilines is 1. The molecule has 100 valence electrons. The maximum absolute atomic E-state index is 11.8. The van der Waals surface area contributed by atoms with Gasteiger partial charge in [-0.1, -0.05) is 13.8 Å². The molecule has 1 heterocycles. The lowest BCUT2D eigenvalue weighted by molar-refractivity contribution is -0.118. The van der Waals surface area contributed by atoms with E-state index in [4.69, 9.17) is 15.2 Å². The van der Waals surface area contributed by atoms with E-state index in [-0.39, 0.29) is 17.8 Å². The van der Waals surface area contributed by atoms with Gasteiger partial charge in [0.15, 0.2) is 0 Å². The molecule has 0 saturated heterocycles. The SMILES string of the molecule is COc1cc(OC)nc(NC(=O)[C@H](N)C(C)C)n1. The zero-order valence-electron chi connectivity index (χ0n) is 10.9. The second-order valence-corrected chi connectivity index (χ2v) is 4.04. The number of hydrogen-bond donors (Lipinski definition) is 2. The first-order valence-electron chi connectivity index (χ1n) is 5.51. The Hall–Kier alpha value is -1.89. The maximum atomic E-state index is 11.8. The molecule has 0 unspecified atom stereocenters. The molecule has 0 aromatic carbocycles. The molecule has 0 bridgehead atoms. The van der Waals surface area contributed by atoms with Crippen molar-refractivity contribution in [3.8, 4) is 11.8 Å². The molecule has 0 aliphatic carbocycles. The average Bonchev–Trinajstić information content (AvgIpc) is 2.36. The first-order valence-corrected chi connectivity index (χ1v) is 5.51. The van der Waals surface area contributed by atoms with E-state index in [1.807, 2.05) is 13.8 Å². The third-order valence-electron chi connectivity index (χ3n) is 2.35. The first kappa shape index (κ1) is 14.2. The van der Waals surface area contributed by atoms with Crippen molar-refractivity contribution < 1.29 is 14.3 Å².